The summed E-state index contributed by atoms with van der Waals surface area (Å²) in [6, 6.07) is 2.28. The predicted octanol–water partition coefficient (Wildman–Crippen LogP) is 5.78. The van der Waals surface area contributed by atoms with Crippen molar-refractivity contribution in [1.82, 2.24) is 19.8 Å². The number of halogens is 3. The van der Waals surface area contributed by atoms with Crippen molar-refractivity contribution < 1.29 is 18.7 Å². The average molecular weight is 611 g/mol. The first-order chi connectivity index (χ1) is 18.0. The van der Waals surface area contributed by atoms with E-state index in [0.29, 0.717) is 17.8 Å². The Kier molecular flexibility index (Phi) is 6.67. The van der Waals surface area contributed by atoms with Crippen molar-refractivity contribution in [3.63, 3.8) is 0 Å². The summed E-state index contributed by atoms with van der Waals surface area (Å²) in [5, 5.41) is 0.826. The topological polar surface area (TPSA) is 71.0 Å². The molecule has 206 valence electrons. The van der Waals surface area contributed by atoms with E-state index in [9.17, 15) is 4.79 Å². The highest BCUT2D eigenvalue weighted by Gasteiger charge is 2.58. The van der Waals surface area contributed by atoms with Gasteiger partial charge in [-0.3, -0.25) is 4.90 Å². The van der Waals surface area contributed by atoms with Crippen molar-refractivity contribution in [2.75, 3.05) is 25.1 Å². The predicted molar refractivity (Wildman–Crippen MR) is 148 cm³/mol. The van der Waals surface area contributed by atoms with Gasteiger partial charge in [-0.15, -0.1) is 0 Å². The molecule has 0 saturated carbocycles. The van der Waals surface area contributed by atoms with Crippen molar-refractivity contribution in [3.05, 3.63) is 21.4 Å². The molecule has 2 aromatic rings. The van der Waals surface area contributed by atoms with E-state index in [2.05, 4.69) is 37.8 Å². The summed E-state index contributed by atoms with van der Waals surface area (Å²) in [7, 11) is 2.09. The fourth-order valence-electron chi connectivity index (χ4n) is 6.90. The SMILES string of the molecule is CN1CCC[C@H]1COc1nc(N2C3CCC2C2CCC3N2C(=O)OC(C)(C)C)c2cc(Cl)c(Br)c(F)c2n1. The lowest BCUT2D eigenvalue weighted by molar-refractivity contribution is 0.00668. The van der Waals surface area contributed by atoms with Crippen molar-refractivity contribution >= 4 is 50.3 Å². The lowest BCUT2D eigenvalue weighted by Crippen LogP contribution is -2.62. The van der Waals surface area contributed by atoms with E-state index in [1.807, 2.05) is 25.7 Å². The van der Waals surface area contributed by atoms with E-state index in [4.69, 9.17) is 26.1 Å². The van der Waals surface area contributed by atoms with Crippen molar-refractivity contribution in [1.29, 1.82) is 0 Å². The fourth-order valence-corrected chi connectivity index (χ4v) is 7.39. The lowest BCUT2D eigenvalue weighted by Gasteiger charge is -2.47. The van der Waals surface area contributed by atoms with Gasteiger partial charge in [0.2, 0.25) is 0 Å². The Balaban J connectivity index is 1.39. The molecule has 4 aliphatic rings. The lowest BCUT2D eigenvalue weighted by atomic mass is 10.0. The molecule has 1 amide bonds. The van der Waals surface area contributed by atoms with Gasteiger partial charge in [-0.25, -0.2) is 9.18 Å². The molecule has 4 bridgehead atoms. The van der Waals surface area contributed by atoms with Crippen molar-refractivity contribution in [2.45, 2.75) is 95.1 Å². The van der Waals surface area contributed by atoms with Crippen molar-refractivity contribution in [3.8, 4) is 6.01 Å². The Morgan fingerprint density at radius 2 is 1.79 bits per heavy atom. The number of anilines is 1. The maximum Gasteiger partial charge on any atom is 0.410 e. The third kappa shape index (κ3) is 4.40. The van der Waals surface area contributed by atoms with Gasteiger partial charge < -0.3 is 19.3 Å². The van der Waals surface area contributed by atoms with E-state index in [-0.39, 0.29) is 57.3 Å². The number of likely N-dealkylation sites (N-methyl/N-ethyl adjacent to an activating group) is 1. The van der Waals surface area contributed by atoms with Crippen LogP contribution in [0.1, 0.15) is 59.3 Å². The highest BCUT2D eigenvalue weighted by atomic mass is 79.9. The van der Waals surface area contributed by atoms with Crippen LogP contribution in [0.4, 0.5) is 15.0 Å². The number of fused-ring (bicyclic) bond motifs is 7. The normalized spacial score (nSPS) is 29.0. The van der Waals surface area contributed by atoms with Gasteiger partial charge in [-0.2, -0.15) is 9.97 Å². The number of hydrogen-bond acceptors (Lipinski definition) is 7. The second-order valence-corrected chi connectivity index (χ2v) is 13.2. The number of aromatic nitrogens is 2. The molecular weight excluding hydrogens is 577 g/mol. The number of amides is 1. The van der Waals surface area contributed by atoms with Crippen LogP contribution in [-0.2, 0) is 4.74 Å². The van der Waals surface area contributed by atoms with Crippen LogP contribution >= 0.6 is 27.5 Å². The van der Waals surface area contributed by atoms with Gasteiger partial charge >= 0.3 is 12.1 Å². The first-order valence-corrected chi connectivity index (χ1v) is 14.7. The Bertz CT molecular complexity index is 1260. The molecule has 0 spiro atoms. The summed E-state index contributed by atoms with van der Waals surface area (Å²) in [6.45, 7) is 7.16. The van der Waals surface area contributed by atoms with Crippen LogP contribution in [-0.4, -0.2) is 81.9 Å². The minimum atomic E-state index is -0.559. The Morgan fingerprint density at radius 3 is 2.39 bits per heavy atom. The Morgan fingerprint density at radius 1 is 1.13 bits per heavy atom. The van der Waals surface area contributed by atoms with E-state index in [1.165, 1.54) is 0 Å². The van der Waals surface area contributed by atoms with Crippen LogP contribution in [0.3, 0.4) is 0 Å². The number of nitrogens with zero attached hydrogens (tertiary/aromatic N) is 5. The first-order valence-electron chi connectivity index (χ1n) is 13.5. The molecule has 4 saturated heterocycles. The number of ether oxygens (including phenoxy) is 2. The maximum absolute atomic E-state index is 15.5. The summed E-state index contributed by atoms with van der Waals surface area (Å²) in [4.78, 5) is 29.1. The second-order valence-electron chi connectivity index (χ2n) is 12.0. The van der Waals surface area contributed by atoms with E-state index in [1.54, 1.807) is 6.07 Å². The zero-order chi connectivity index (χ0) is 26.9. The molecule has 4 fully saturated rings. The summed E-state index contributed by atoms with van der Waals surface area (Å²) >= 11 is 9.70. The van der Waals surface area contributed by atoms with Crippen molar-refractivity contribution in [2.24, 2.45) is 0 Å². The summed E-state index contributed by atoms with van der Waals surface area (Å²) in [5.74, 6) is 0.105. The molecule has 6 rings (SSSR count). The molecule has 1 aromatic carbocycles. The molecule has 1 aromatic heterocycles. The van der Waals surface area contributed by atoms with Crippen LogP contribution in [0.5, 0.6) is 6.01 Å². The van der Waals surface area contributed by atoms with Gasteiger partial charge in [0.25, 0.3) is 0 Å². The minimum absolute atomic E-state index is 0.00545. The highest BCUT2D eigenvalue weighted by Crippen LogP contribution is 2.49. The smallest absolute Gasteiger partial charge is 0.410 e. The Hall–Kier alpha value is -1.91. The van der Waals surface area contributed by atoms with E-state index >= 15 is 4.39 Å². The number of carbonyl (C=O) groups is 1. The summed E-state index contributed by atoms with van der Waals surface area (Å²) < 4.78 is 27.6. The molecule has 11 heteroatoms. The molecule has 5 atom stereocenters. The maximum atomic E-state index is 15.5. The van der Waals surface area contributed by atoms with Gasteiger partial charge in [0.05, 0.1) is 33.7 Å². The average Bonchev–Trinajstić information content (AvgIpc) is 3.52. The number of carbonyl (C=O) groups excluding carboxylic acids is 1. The molecule has 0 radical (unpaired) electrons. The fraction of sp³-hybridized carbons (Fsp3) is 0.667. The molecule has 0 aliphatic carbocycles. The zero-order valence-corrected chi connectivity index (χ0v) is 24.6. The van der Waals surface area contributed by atoms with Crippen LogP contribution < -0.4 is 9.64 Å². The first kappa shape index (κ1) is 26.3. The van der Waals surface area contributed by atoms with Crippen LogP contribution in [0.15, 0.2) is 10.5 Å². The number of hydrogen-bond donors (Lipinski definition) is 0. The standard InChI is InChI=1S/C27H34BrClFN5O3/c1-27(2,3)38-26(36)35-19-9-10-20(35)18-8-7-17(19)34(18)24-15-12-16(29)21(28)22(30)23(15)31-25(32-24)37-13-14-6-5-11-33(14)4/h12,14,17-20H,5-11,13H2,1-4H3/t14-,17?,18?,19?,20?/m0/s1. The number of benzene rings is 1. The molecule has 5 heterocycles. The van der Waals surface area contributed by atoms with Crippen LogP contribution in [0.2, 0.25) is 5.02 Å². The zero-order valence-electron chi connectivity index (χ0n) is 22.2. The third-order valence-electron chi connectivity index (χ3n) is 8.55. The molecule has 38 heavy (non-hydrogen) atoms. The molecule has 4 unspecified atom stereocenters. The van der Waals surface area contributed by atoms with E-state index < -0.39 is 11.4 Å². The molecule has 8 nitrogen and oxygen atoms in total. The number of piperazine rings is 1. The highest BCUT2D eigenvalue weighted by molar-refractivity contribution is 9.10. The third-order valence-corrected chi connectivity index (χ3v) is 9.85. The summed E-state index contributed by atoms with van der Waals surface area (Å²) in [5.41, 5.74) is -0.376. The monoisotopic (exact) mass is 609 g/mol. The number of likely N-dealkylation sites (tertiary alicyclic amines) is 1. The van der Waals surface area contributed by atoms with Gasteiger partial charge in [-0.1, -0.05) is 11.6 Å². The largest absolute Gasteiger partial charge is 0.462 e. The minimum Gasteiger partial charge on any atom is -0.462 e. The van der Waals surface area contributed by atoms with Gasteiger partial charge in [0.1, 0.15) is 23.5 Å². The van der Waals surface area contributed by atoms with Gasteiger partial charge in [0, 0.05) is 11.4 Å². The van der Waals surface area contributed by atoms with Gasteiger partial charge in [-0.05, 0) is 94.9 Å². The van der Waals surface area contributed by atoms with Crippen LogP contribution in [0, 0.1) is 5.82 Å². The van der Waals surface area contributed by atoms with Gasteiger partial charge in [0.15, 0.2) is 5.82 Å². The Labute approximate surface area is 235 Å². The van der Waals surface area contributed by atoms with E-state index in [0.717, 1.165) is 45.1 Å². The number of rotatable bonds is 4. The second kappa shape index (κ2) is 9.63. The summed E-state index contributed by atoms with van der Waals surface area (Å²) in [6.07, 6.45) is 5.58. The molecule has 4 aliphatic heterocycles. The molecule has 0 N–H and O–H groups in total. The quantitative estimate of drug-likeness (QED) is 0.407. The molecular formula is C27H34BrClFN5O3. The van der Waals surface area contributed by atoms with Crippen LogP contribution in [0.25, 0.3) is 10.9 Å².